The molecule has 26 heavy (non-hydrogen) atoms. The molecule has 0 saturated heterocycles. The molecule has 6 nitrogen and oxygen atoms in total. The van der Waals surface area contributed by atoms with Crippen LogP contribution in [-0.2, 0) is 9.59 Å². The van der Waals surface area contributed by atoms with E-state index in [4.69, 9.17) is 0 Å². The zero-order valence-corrected chi connectivity index (χ0v) is 14.7. The SMILES string of the molecule is CC(=O)NCCNC(=O)C1=NN(c2ccccc2)C(c2ccccc2)C1. The zero-order chi connectivity index (χ0) is 18.4. The van der Waals surface area contributed by atoms with E-state index in [0.29, 0.717) is 25.2 Å². The highest BCUT2D eigenvalue weighted by Gasteiger charge is 2.32. The van der Waals surface area contributed by atoms with Crippen LogP contribution in [0.15, 0.2) is 65.8 Å². The molecular weight excluding hydrogens is 328 g/mol. The number of para-hydroxylation sites is 1. The molecule has 0 fully saturated rings. The first-order valence-electron chi connectivity index (χ1n) is 8.64. The van der Waals surface area contributed by atoms with E-state index in [2.05, 4.69) is 15.7 Å². The molecule has 3 rings (SSSR count). The highest BCUT2D eigenvalue weighted by atomic mass is 16.2. The van der Waals surface area contributed by atoms with E-state index < -0.39 is 0 Å². The Bertz CT molecular complexity index is 790. The van der Waals surface area contributed by atoms with E-state index in [-0.39, 0.29) is 17.9 Å². The smallest absolute Gasteiger partial charge is 0.267 e. The van der Waals surface area contributed by atoms with Crippen molar-refractivity contribution >= 4 is 23.2 Å². The summed E-state index contributed by atoms with van der Waals surface area (Å²) in [6, 6.07) is 19.9. The maximum Gasteiger partial charge on any atom is 0.267 e. The van der Waals surface area contributed by atoms with E-state index in [1.165, 1.54) is 6.92 Å². The van der Waals surface area contributed by atoms with Crippen LogP contribution in [-0.4, -0.2) is 30.6 Å². The highest BCUT2D eigenvalue weighted by molar-refractivity contribution is 6.39. The van der Waals surface area contributed by atoms with Gasteiger partial charge in [0.1, 0.15) is 5.71 Å². The van der Waals surface area contributed by atoms with E-state index in [1.807, 2.05) is 65.7 Å². The minimum atomic E-state index is -0.199. The lowest BCUT2D eigenvalue weighted by Crippen LogP contribution is -2.36. The van der Waals surface area contributed by atoms with Gasteiger partial charge in [0, 0.05) is 26.4 Å². The summed E-state index contributed by atoms with van der Waals surface area (Å²) in [5.74, 6) is -0.313. The van der Waals surface area contributed by atoms with Crippen LogP contribution in [0.5, 0.6) is 0 Å². The van der Waals surface area contributed by atoms with Gasteiger partial charge in [0.25, 0.3) is 5.91 Å². The van der Waals surface area contributed by atoms with Crippen molar-refractivity contribution in [2.24, 2.45) is 5.10 Å². The van der Waals surface area contributed by atoms with Crippen molar-refractivity contribution in [3.63, 3.8) is 0 Å². The molecular formula is C20H22N4O2. The number of nitrogens with zero attached hydrogens (tertiary/aromatic N) is 2. The molecule has 134 valence electrons. The Morgan fingerprint density at radius 1 is 1.00 bits per heavy atom. The van der Waals surface area contributed by atoms with Gasteiger partial charge in [-0.05, 0) is 17.7 Å². The quantitative estimate of drug-likeness (QED) is 0.785. The first-order chi connectivity index (χ1) is 12.6. The summed E-state index contributed by atoms with van der Waals surface area (Å²) in [6.45, 7) is 2.22. The topological polar surface area (TPSA) is 73.8 Å². The average Bonchev–Trinajstić information content (AvgIpc) is 3.12. The van der Waals surface area contributed by atoms with Crippen LogP contribution in [0.2, 0.25) is 0 Å². The summed E-state index contributed by atoms with van der Waals surface area (Å²) in [6.07, 6.45) is 0.533. The third-order valence-corrected chi connectivity index (χ3v) is 4.16. The van der Waals surface area contributed by atoms with Crippen molar-refractivity contribution < 1.29 is 9.59 Å². The molecule has 2 aromatic carbocycles. The van der Waals surface area contributed by atoms with E-state index in [9.17, 15) is 9.59 Å². The largest absolute Gasteiger partial charge is 0.355 e. The van der Waals surface area contributed by atoms with Gasteiger partial charge in [-0.2, -0.15) is 5.10 Å². The number of carbonyl (C=O) groups excluding carboxylic acids is 2. The van der Waals surface area contributed by atoms with Gasteiger partial charge in [0.2, 0.25) is 5.91 Å². The summed E-state index contributed by atoms with van der Waals surface area (Å²) in [5.41, 5.74) is 2.55. The van der Waals surface area contributed by atoms with Crippen molar-refractivity contribution in [1.82, 2.24) is 10.6 Å². The van der Waals surface area contributed by atoms with Crippen molar-refractivity contribution in [3.05, 3.63) is 66.2 Å². The minimum absolute atomic E-state index is 0.0188. The van der Waals surface area contributed by atoms with Crippen molar-refractivity contribution in [1.29, 1.82) is 0 Å². The number of amides is 2. The van der Waals surface area contributed by atoms with Gasteiger partial charge in [-0.3, -0.25) is 14.6 Å². The molecule has 2 amide bonds. The van der Waals surface area contributed by atoms with E-state index in [1.54, 1.807) is 0 Å². The lowest BCUT2D eigenvalue weighted by molar-refractivity contribution is -0.119. The van der Waals surface area contributed by atoms with Crippen molar-refractivity contribution in [2.75, 3.05) is 18.1 Å². The van der Waals surface area contributed by atoms with Crippen molar-refractivity contribution in [3.8, 4) is 0 Å². The Kier molecular flexibility index (Phi) is 5.63. The van der Waals surface area contributed by atoms with Crippen LogP contribution in [0.25, 0.3) is 0 Å². The fraction of sp³-hybridized carbons (Fsp3) is 0.250. The molecule has 0 saturated carbocycles. The maximum absolute atomic E-state index is 12.5. The zero-order valence-electron chi connectivity index (χ0n) is 14.7. The number of benzene rings is 2. The van der Waals surface area contributed by atoms with Gasteiger partial charge in [-0.15, -0.1) is 0 Å². The second kappa shape index (κ2) is 8.29. The lowest BCUT2D eigenvalue weighted by atomic mass is 10.0. The molecule has 6 heteroatoms. The maximum atomic E-state index is 12.5. The normalized spacial score (nSPS) is 16.1. The lowest BCUT2D eigenvalue weighted by Gasteiger charge is -2.23. The third kappa shape index (κ3) is 4.27. The van der Waals surface area contributed by atoms with Gasteiger partial charge in [-0.1, -0.05) is 48.5 Å². The molecule has 0 bridgehead atoms. The molecule has 1 atom stereocenters. The number of carbonyl (C=O) groups is 2. The van der Waals surface area contributed by atoms with Crippen LogP contribution in [0, 0.1) is 0 Å². The summed E-state index contributed by atoms with van der Waals surface area (Å²) in [4.78, 5) is 23.4. The highest BCUT2D eigenvalue weighted by Crippen LogP contribution is 2.34. The fourth-order valence-electron chi connectivity index (χ4n) is 2.92. The number of rotatable bonds is 6. The summed E-state index contributed by atoms with van der Waals surface area (Å²) >= 11 is 0. The predicted octanol–water partition coefficient (Wildman–Crippen LogP) is 2.25. The summed E-state index contributed by atoms with van der Waals surface area (Å²) < 4.78 is 0. The van der Waals surface area contributed by atoms with Gasteiger partial charge < -0.3 is 10.6 Å². The van der Waals surface area contributed by atoms with E-state index >= 15 is 0 Å². The first kappa shape index (κ1) is 17.7. The molecule has 0 spiro atoms. The standard InChI is InChI=1S/C20H22N4O2/c1-15(25)21-12-13-22-20(26)18-14-19(16-8-4-2-5-9-16)24(23-18)17-10-6-3-7-11-17/h2-11,19H,12-14H2,1H3,(H,21,25)(H,22,26). The third-order valence-electron chi connectivity index (χ3n) is 4.16. The van der Waals surface area contributed by atoms with E-state index in [0.717, 1.165) is 11.3 Å². The monoisotopic (exact) mass is 350 g/mol. The molecule has 0 aromatic heterocycles. The molecule has 1 aliphatic heterocycles. The first-order valence-corrected chi connectivity index (χ1v) is 8.64. The van der Waals surface area contributed by atoms with Crippen LogP contribution in [0.1, 0.15) is 24.9 Å². The summed E-state index contributed by atoms with van der Waals surface area (Å²) in [5, 5.41) is 12.0. The Labute approximate surface area is 152 Å². The Morgan fingerprint density at radius 3 is 2.27 bits per heavy atom. The molecule has 2 N–H and O–H groups in total. The second-order valence-corrected chi connectivity index (χ2v) is 6.10. The van der Waals surface area contributed by atoms with Crippen LogP contribution in [0.3, 0.4) is 0 Å². The molecule has 0 radical (unpaired) electrons. The van der Waals surface area contributed by atoms with Gasteiger partial charge in [0.15, 0.2) is 0 Å². The minimum Gasteiger partial charge on any atom is -0.355 e. The van der Waals surface area contributed by atoms with Crippen molar-refractivity contribution in [2.45, 2.75) is 19.4 Å². The molecule has 1 aliphatic rings. The van der Waals surface area contributed by atoms with Crippen LogP contribution >= 0.6 is 0 Å². The summed E-state index contributed by atoms with van der Waals surface area (Å²) in [7, 11) is 0. The average molecular weight is 350 g/mol. The van der Waals surface area contributed by atoms with Gasteiger partial charge in [-0.25, -0.2) is 0 Å². The predicted molar refractivity (Wildman–Crippen MR) is 102 cm³/mol. The fourth-order valence-corrected chi connectivity index (χ4v) is 2.92. The van der Waals surface area contributed by atoms with Gasteiger partial charge >= 0.3 is 0 Å². The Morgan fingerprint density at radius 2 is 1.62 bits per heavy atom. The van der Waals surface area contributed by atoms with Gasteiger partial charge in [0.05, 0.1) is 11.7 Å². The number of hydrogen-bond acceptors (Lipinski definition) is 4. The number of anilines is 1. The Balaban J connectivity index is 1.75. The molecule has 2 aromatic rings. The Hall–Kier alpha value is -3.15. The number of hydrogen-bond donors (Lipinski definition) is 2. The van der Waals surface area contributed by atoms with Crippen LogP contribution < -0.4 is 15.6 Å². The number of hydrazone groups is 1. The second-order valence-electron chi connectivity index (χ2n) is 6.10. The molecule has 1 unspecified atom stereocenters. The molecule has 0 aliphatic carbocycles. The molecule has 1 heterocycles. The van der Waals surface area contributed by atoms with Crippen LogP contribution in [0.4, 0.5) is 5.69 Å². The number of nitrogens with one attached hydrogen (secondary N) is 2.